The number of hydrazine groups is 1. The van der Waals surface area contributed by atoms with E-state index in [2.05, 4.69) is 15.8 Å². The quantitative estimate of drug-likeness (QED) is 0.633. The van der Waals surface area contributed by atoms with E-state index in [1.807, 2.05) is 30.3 Å². The summed E-state index contributed by atoms with van der Waals surface area (Å²) in [6.07, 6.45) is 1.58. The second-order valence-electron chi connectivity index (χ2n) is 5.18. The summed E-state index contributed by atoms with van der Waals surface area (Å²) in [5.74, 6) is -0.473. The van der Waals surface area contributed by atoms with E-state index in [1.54, 1.807) is 30.5 Å². The van der Waals surface area contributed by atoms with E-state index >= 15 is 0 Å². The van der Waals surface area contributed by atoms with Gasteiger partial charge in [0, 0.05) is 17.1 Å². The minimum Gasteiger partial charge on any atom is -0.484 e. The molecule has 0 spiro atoms. The van der Waals surface area contributed by atoms with Gasteiger partial charge in [0.15, 0.2) is 6.61 Å². The zero-order valence-electron chi connectivity index (χ0n) is 13.1. The lowest BCUT2D eigenvalue weighted by Crippen LogP contribution is -2.43. The van der Waals surface area contributed by atoms with Gasteiger partial charge in [-0.15, -0.1) is 0 Å². The van der Waals surface area contributed by atoms with Gasteiger partial charge >= 0.3 is 0 Å². The molecule has 3 aromatic rings. The Bertz CT molecular complexity index is 954. The standard InChI is InChI=1S/C18H14N4O3/c19-9-12-5-7-13(8-6-12)25-11-17(23)21-22-18(24)15-10-20-16-4-2-1-3-14(15)16/h1-8,10,20H,11H2,(H,21,23)(H,22,24). The lowest BCUT2D eigenvalue weighted by atomic mass is 10.2. The third-order valence-electron chi connectivity index (χ3n) is 3.50. The molecule has 2 aromatic carbocycles. The Morgan fingerprint density at radius 3 is 2.60 bits per heavy atom. The molecule has 0 aliphatic carbocycles. The van der Waals surface area contributed by atoms with E-state index in [0.717, 1.165) is 10.9 Å². The van der Waals surface area contributed by atoms with Gasteiger partial charge in [0.2, 0.25) is 0 Å². The summed E-state index contributed by atoms with van der Waals surface area (Å²) in [5, 5.41) is 9.48. The van der Waals surface area contributed by atoms with Crippen LogP contribution in [-0.2, 0) is 4.79 Å². The zero-order chi connectivity index (χ0) is 17.6. The van der Waals surface area contributed by atoms with Crippen molar-refractivity contribution in [2.75, 3.05) is 6.61 Å². The summed E-state index contributed by atoms with van der Waals surface area (Å²) < 4.78 is 5.28. The van der Waals surface area contributed by atoms with Crippen LogP contribution in [0.4, 0.5) is 0 Å². The van der Waals surface area contributed by atoms with Crippen molar-refractivity contribution in [2.24, 2.45) is 0 Å². The van der Waals surface area contributed by atoms with Crippen molar-refractivity contribution in [1.82, 2.24) is 15.8 Å². The number of hydrogen-bond donors (Lipinski definition) is 3. The maximum absolute atomic E-state index is 12.2. The molecular weight excluding hydrogens is 320 g/mol. The summed E-state index contributed by atoms with van der Waals surface area (Å²) in [5.41, 5.74) is 6.42. The number of aromatic nitrogens is 1. The molecule has 3 rings (SSSR count). The fourth-order valence-corrected chi connectivity index (χ4v) is 2.26. The Kier molecular flexibility index (Phi) is 4.62. The number of H-pyrrole nitrogens is 1. The van der Waals surface area contributed by atoms with Gasteiger partial charge in [0.05, 0.1) is 17.2 Å². The molecule has 0 saturated carbocycles. The Balaban J connectivity index is 1.51. The molecule has 124 valence electrons. The summed E-state index contributed by atoms with van der Waals surface area (Å²) in [6, 6.07) is 15.7. The van der Waals surface area contributed by atoms with Crippen molar-refractivity contribution in [3.63, 3.8) is 0 Å². The number of carbonyl (C=O) groups excluding carboxylic acids is 2. The van der Waals surface area contributed by atoms with Gasteiger partial charge < -0.3 is 9.72 Å². The van der Waals surface area contributed by atoms with Crippen molar-refractivity contribution in [1.29, 1.82) is 5.26 Å². The first kappa shape index (κ1) is 16.1. The molecule has 0 saturated heterocycles. The van der Waals surface area contributed by atoms with Gasteiger partial charge in [-0.3, -0.25) is 20.4 Å². The van der Waals surface area contributed by atoms with Crippen LogP contribution in [0, 0.1) is 11.3 Å². The Morgan fingerprint density at radius 2 is 1.84 bits per heavy atom. The highest BCUT2D eigenvalue weighted by Crippen LogP contribution is 2.17. The van der Waals surface area contributed by atoms with Crippen LogP contribution in [0.15, 0.2) is 54.7 Å². The highest BCUT2D eigenvalue weighted by Gasteiger charge is 2.12. The van der Waals surface area contributed by atoms with Crippen molar-refractivity contribution in [2.45, 2.75) is 0 Å². The highest BCUT2D eigenvalue weighted by molar-refractivity contribution is 6.07. The van der Waals surface area contributed by atoms with Crippen LogP contribution in [0.25, 0.3) is 10.9 Å². The van der Waals surface area contributed by atoms with Crippen LogP contribution in [0.3, 0.4) is 0 Å². The lowest BCUT2D eigenvalue weighted by molar-refractivity contribution is -0.123. The zero-order valence-corrected chi connectivity index (χ0v) is 13.1. The van der Waals surface area contributed by atoms with E-state index in [9.17, 15) is 9.59 Å². The SMILES string of the molecule is N#Cc1ccc(OCC(=O)NNC(=O)c2c[nH]c3ccccc23)cc1. The second kappa shape index (κ2) is 7.19. The first-order valence-corrected chi connectivity index (χ1v) is 7.45. The molecule has 3 N–H and O–H groups in total. The Labute approximate surface area is 143 Å². The topological polar surface area (TPSA) is 107 Å². The number of hydrogen-bond acceptors (Lipinski definition) is 4. The fraction of sp³-hybridized carbons (Fsp3) is 0.0556. The second-order valence-corrected chi connectivity index (χ2v) is 5.18. The van der Waals surface area contributed by atoms with E-state index in [1.165, 1.54) is 0 Å². The molecule has 2 amide bonds. The summed E-state index contributed by atoms with van der Waals surface area (Å²) >= 11 is 0. The largest absolute Gasteiger partial charge is 0.484 e. The monoisotopic (exact) mass is 334 g/mol. The molecule has 0 aliphatic rings. The number of nitriles is 1. The summed E-state index contributed by atoms with van der Waals surface area (Å²) in [4.78, 5) is 26.9. The number of carbonyl (C=O) groups is 2. The number of nitrogens with zero attached hydrogens (tertiary/aromatic N) is 1. The number of ether oxygens (including phenoxy) is 1. The molecule has 0 aliphatic heterocycles. The van der Waals surface area contributed by atoms with Crippen molar-refractivity contribution < 1.29 is 14.3 Å². The van der Waals surface area contributed by atoms with Gasteiger partial charge in [-0.05, 0) is 30.3 Å². The predicted molar refractivity (Wildman–Crippen MR) is 90.6 cm³/mol. The molecule has 0 unspecified atom stereocenters. The molecule has 0 atom stereocenters. The number of amides is 2. The average Bonchev–Trinajstić information content (AvgIpc) is 3.09. The molecule has 7 heteroatoms. The van der Waals surface area contributed by atoms with E-state index in [0.29, 0.717) is 16.9 Å². The van der Waals surface area contributed by atoms with Gasteiger partial charge in [0.25, 0.3) is 11.8 Å². The maximum Gasteiger partial charge on any atom is 0.276 e. The molecule has 1 heterocycles. The normalized spacial score (nSPS) is 10.0. The average molecular weight is 334 g/mol. The lowest BCUT2D eigenvalue weighted by Gasteiger charge is -2.08. The molecule has 0 fully saturated rings. The van der Waals surface area contributed by atoms with Crippen LogP contribution in [0.5, 0.6) is 5.75 Å². The van der Waals surface area contributed by atoms with E-state index < -0.39 is 11.8 Å². The number of fused-ring (bicyclic) bond motifs is 1. The number of aromatic amines is 1. The molecule has 7 nitrogen and oxygen atoms in total. The van der Waals surface area contributed by atoms with Gasteiger partial charge in [-0.2, -0.15) is 5.26 Å². The maximum atomic E-state index is 12.2. The Hall–Kier alpha value is -3.79. The van der Waals surface area contributed by atoms with Crippen molar-refractivity contribution in [3.05, 3.63) is 65.9 Å². The number of para-hydroxylation sites is 1. The summed E-state index contributed by atoms with van der Waals surface area (Å²) in [6.45, 7) is -0.264. The highest BCUT2D eigenvalue weighted by atomic mass is 16.5. The molecule has 1 aromatic heterocycles. The van der Waals surface area contributed by atoms with Crippen molar-refractivity contribution in [3.8, 4) is 11.8 Å². The minimum absolute atomic E-state index is 0.264. The minimum atomic E-state index is -0.502. The van der Waals surface area contributed by atoms with Gasteiger partial charge in [-0.25, -0.2) is 0 Å². The molecular formula is C18H14N4O3. The number of benzene rings is 2. The molecule has 0 bridgehead atoms. The van der Waals surface area contributed by atoms with Crippen LogP contribution >= 0.6 is 0 Å². The first-order valence-electron chi connectivity index (χ1n) is 7.45. The third kappa shape index (κ3) is 3.76. The fourth-order valence-electron chi connectivity index (χ4n) is 2.26. The number of nitrogens with one attached hydrogen (secondary N) is 3. The van der Waals surface area contributed by atoms with E-state index in [4.69, 9.17) is 10.00 Å². The molecule has 25 heavy (non-hydrogen) atoms. The summed E-state index contributed by atoms with van der Waals surface area (Å²) in [7, 11) is 0. The Morgan fingerprint density at radius 1 is 1.08 bits per heavy atom. The first-order chi connectivity index (χ1) is 12.2. The van der Waals surface area contributed by atoms with Crippen molar-refractivity contribution >= 4 is 22.7 Å². The predicted octanol–water partition coefficient (Wildman–Crippen LogP) is 1.88. The van der Waals surface area contributed by atoms with Crippen LogP contribution in [0.1, 0.15) is 15.9 Å². The molecule has 0 radical (unpaired) electrons. The van der Waals surface area contributed by atoms with Crippen LogP contribution in [0.2, 0.25) is 0 Å². The van der Waals surface area contributed by atoms with Gasteiger partial charge in [-0.1, -0.05) is 18.2 Å². The van der Waals surface area contributed by atoms with Crippen LogP contribution < -0.4 is 15.6 Å². The number of rotatable bonds is 4. The van der Waals surface area contributed by atoms with E-state index in [-0.39, 0.29) is 6.61 Å². The van der Waals surface area contributed by atoms with Gasteiger partial charge in [0.1, 0.15) is 5.75 Å². The smallest absolute Gasteiger partial charge is 0.276 e. The van der Waals surface area contributed by atoms with Crippen LogP contribution in [-0.4, -0.2) is 23.4 Å². The third-order valence-corrected chi connectivity index (χ3v) is 3.50.